The van der Waals surface area contributed by atoms with Crippen LogP contribution in [0, 0.1) is 11.3 Å². The molecule has 0 saturated carbocycles. The van der Waals surface area contributed by atoms with Crippen molar-refractivity contribution in [1.29, 1.82) is 5.26 Å². The summed E-state index contributed by atoms with van der Waals surface area (Å²) in [6.07, 6.45) is 1.53. The fourth-order valence-corrected chi connectivity index (χ4v) is 1.77. The van der Waals surface area contributed by atoms with Crippen molar-refractivity contribution >= 4 is 11.7 Å². The summed E-state index contributed by atoms with van der Waals surface area (Å²) in [6, 6.07) is 5.49. The highest BCUT2D eigenvalue weighted by molar-refractivity contribution is 5.79. The van der Waals surface area contributed by atoms with Crippen LogP contribution in [0.25, 0.3) is 0 Å². The first-order valence-electron chi connectivity index (χ1n) is 5.88. The summed E-state index contributed by atoms with van der Waals surface area (Å²) < 4.78 is 0. The molecule has 18 heavy (non-hydrogen) atoms. The molecule has 0 spiro atoms. The molecule has 2 rings (SSSR count). The van der Waals surface area contributed by atoms with Gasteiger partial charge in [-0.15, -0.1) is 0 Å². The number of anilines is 1. The third-order valence-corrected chi connectivity index (χ3v) is 2.77. The maximum atomic E-state index is 11.5. The third kappa shape index (κ3) is 3.18. The van der Waals surface area contributed by atoms with E-state index in [0.29, 0.717) is 25.2 Å². The standard InChI is InChI=1S/C12H15N5O/c13-7-10-1-2-11(16-8-10)15-4-6-17-5-3-14-9-12(17)18/h1-2,8,14H,3-6,9H2,(H,15,16). The summed E-state index contributed by atoms with van der Waals surface area (Å²) in [5.41, 5.74) is 0.540. The van der Waals surface area contributed by atoms with Crippen LogP contribution in [0.3, 0.4) is 0 Å². The van der Waals surface area contributed by atoms with E-state index >= 15 is 0 Å². The average Bonchev–Trinajstić information content (AvgIpc) is 2.42. The van der Waals surface area contributed by atoms with Gasteiger partial charge in [0.25, 0.3) is 0 Å². The van der Waals surface area contributed by atoms with Crippen LogP contribution in [-0.4, -0.2) is 48.5 Å². The molecule has 2 N–H and O–H groups in total. The second kappa shape index (κ2) is 5.98. The summed E-state index contributed by atoms with van der Waals surface area (Å²) >= 11 is 0. The Kier molecular flexibility index (Phi) is 4.10. The lowest BCUT2D eigenvalue weighted by Gasteiger charge is -2.27. The van der Waals surface area contributed by atoms with Gasteiger partial charge >= 0.3 is 0 Å². The molecule has 0 aliphatic carbocycles. The van der Waals surface area contributed by atoms with E-state index in [2.05, 4.69) is 15.6 Å². The normalized spacial score (nSPS) is 15.3. The van der Waals surface area contributed by atoms with E-state index in [-0.39, 0.29) is 5.91 Å². The Labute approximate surface area is 106 Å². The first-order valence-corrected chi connectivity index (χ1v) is 5.88. The predicted molar refractivity (Wildman–Crippen MR) is 66.9 cm³/mol. The maximum absolute atomic E-state index is 11.5. The number of nitrogens with zero attached hydrogens (tertiary/aromatic N) is 3. The minimum atomic E-state index is 0.135. The molecule has 2 heterocycles. The second-order valence-electron chi connectivity index (χ2n) is 4.03. The molecule has 6 nitrogen and oxygen atoms in total. The van der Waals surface area contributed by atoms with Crippen molar-refractivity contribution in [2.75, 3.05) is 38.0 Å². The Morgan fingerprint density at radius 3 is 3.11 bits per heavy atom. The largest absolute Gasteiger partial charge is 0.368 e. The zero-order valence-corrected chi connectivity index (χ0v) is 10.0. The molecule has 1 saturated heterocycles. The highest BCUT2D eigenvalue weighted by atomic mass is 16.2. The van der Waals surface area contributed by atoms with Gasteiger partial charge in [-0.25, -0.2) is 4.98 Å². The Morgan fingerprint density at radius 2 is 2.44 bits per heavy atom. The summed E-state index contributed by atoms with van der Waals surface area (Å²) in [4.78, 5) is 17.4. The molecule has 1 aliphatic rings. The van der Waals surface area contributed by atoms with Crippen molar-refractivity contribution in [3.05, 3.63) is 23.9 Å². The van der Waals surface area contributed by atoms with Crippen molar-refractivity contribution in [3.8, 4) is 6.07 Å². The average molecular weight is 245 g/mol. The molecule has 6 heteroatoms. The molecule has 0 aromatic carbocycles. The first-order chi connectivity index (χ1) is 8.79. The molecule has 0 bridgehead atoms. The number of rotatable bonds is 4. The van der Waals surface area contributed by atoms with Gasteiger partial charge in [-0.3, -0.25) is 4.79 Å². The molecule has 1 aliphatic heterocycles. The van der Waals surface area contributed by atoms with Gasteiger partial charge in [0.1, 0.15) is 11.9 Å². The maximum Gasteiger partial charge on any atom is 0.236 e. The number of pyridine rings is 1. The van der Waals surface area contributed by atoms with Gasteiger partial charge in [0, 0.05) is 32.4 Å². The third-order valence-electron chi connectivity index (χ3n) is 2.77. The van der Waals surface area contributed by atoms with Crippen LogP contribution < -0.4 is 10.6 Å². The minimum Gasteiger partial charge on any atom is -0.368 e. The van der Waals surface area contributed by atoms with Crippen LogP contribution in [0.1, 0.15) is 5.56 Å². The van der Waals surface area contributed by atoms with E-state index in [1.165, 1.54) is 6.20 Å². The second-order valence-corrected chi connectivity index (χ2v) is 4.03. The van der Waals surface area contributed by atoms with Crippen LogP contribution in [-0.2, 0) is 4.79 Å². The fraction of sp³-hybridized carbons (Fsp3) is 0.417. The number of carbonyl (C=O) groups excluding carboxylic acids is 1. The fourth-order valence-electron chi connectivity index (χ4n) is 1.77. The monoisotopic (exact) mass is 245 g/mol. The van der Waals surface area contributed by atoms with Gasteiger partial charge in [0.2, 0.25) is 5.91 Å². The van der Waals surface area contributed by atoms with Crippen LogP contribution in [0.2, 0.25) is 0 Å². The topological polar surface area (TPSA) is 81.0 Å². The number of hydrogen-bond donors (Lipinski definition) is 2. The van der Waals surface area contributed by atoms with Crippen LogP contribution in [0.15, 0.2) is 18.3 Å². The predicted octanol–water partition coefficient (Wildman–Crippen LogP) is -0.203. The number of nitrogens with one attached hydrogen (secondary N) is 2. The van der Waals surface area contributed by atoms with Gasteiger partial charge in [0.15, 0.2) is 0 Å². The Morgan fingerprint density at radius 1 is 1.56 bits per heavy atom. The number of amides is 1. The van der Waals surface area contributed by atoms with Crippen molar-refractivity contribution in [2.45, 2.75) is 0 Å². The van der Waals surface area contributed by atoms with E-state index < -0.39 is 0 Å². The molecule has 1 fully saturated rings. The van der Waals surface area contributed by atoms with Gasteiger partial charge < -0.3 is 15.5 Å². The van der Waals surface area contributed by atoms with Crippen molar-refractivity contribution in [1.82, 2.24) is 15.2 Å². The molecule has 1 aromatic heterocycles. The molecule has 1 amide bonds. The zero-order chi connectivity index (χ0) is 12.8. The number of aromatic nitrogens is 1. The summed E-state index contributed by atoms with van der Waals surface area (Å²) in [5, 5.41) is 14.8. The van der Waals surface area contributed by atoms with Crippen LogP contribution >= 0.6 is 0 Å². The van der Waals surface area contributed by atoms with Crippen molar-refractivity contribution < 1.29 is 4.79 Å². The van der Waals surface area contributed by atoms with E-state index in [1.54, 1.807) is 12.1 Å². The quantitative estimate of drug-likeness (QED) is 0.767. The lowest BCUT2D eigenvalue weighted by Crippen LogP contribution is -2.49. The van der Waals surface area contributed by atoms with Gasteiger partial charge in [-0.05, 0) is 12.1 Å². The van der Waals surface area contributed by atoms with Gasteiger partial charge in [-0.2, -0.15) is 5.26 Å². The van der Waals surface area contributed by atoms with Gasteiger partial charge in [0.05, 0.1) is 12.1 Å². The van der Waals surface area contributed by atoms with E-state index in [4.69, 9.17) is 5.26 Å². The van der Waals surface area contributed by atoms with Gasteiger partial charge in [-0.1, -0.05) is 0 Å². The van der Waals surface area contributed by atoms with Crippen LogP contribution in [0.4, 0.5) is 5.82 Å². The molecule has 0 radical (unpaired) electrons. The number of nitriles is 1. The number of piperazine rings is 1. The summed E-state index contributed by atoms with van der Waals surface area (Å²) in [5.74, 6) is 0.854. The number of carbonyl (C=O) groups is 1. The van der Waals surface area contributed by atoms with E-state index in [9.17, 15) is 4.79 Å². The van der Waals surface area contributed by atoms with E-state index in [1.807, 2.05) is 11.0 Å². The Balaban J connectivity index is 1.77. The highest BCUT2D eigenvalue weighted by Crippen LogP contribution is 2.03. The molecule has 0 atom stereocenters. The van der Waals surface area contributed by atoms with E-state index in [0.717, 1.165) is 18.9 Å². The van der Waals surface area contributed by atoms with Crippen molar-refractivity contribution in [2.24, 2.45) is 0 Å². The Hall–Kier alpha value is -2.13. The molecular weight excluding hydrogens is 230 g/mol. The zero-order valence-electron chi connectivity index (χ0n) is 10.0. The van der Waals surface area contributed by atoms with Crippen LogP contribution in [0.5, 0.6) is 0 Å². The SMILES string of the molecule is N#Cc1ccc(NCCN2CCNCC2=O)nc1. The molecular formula is C12H15N5O. The molecule has 1 aromatic rings. The minimum absolute atomic E-state index is 0.135. The first kappa shape index (κ1) is 12.3. The lowest BCUT2D eigenvalue weighted by molar-refractivity contribution is -0.131. The lowest BCUT2D eigenvalue weighted by atomic mass is 10.3. The number of hydrogen-bond acceptors (Lipinski definition) is 5. The Bertz CT molecular complexity index is 451. The van der Waals surface area contributed by atoms with Crippen molar-refractivity contribution in [3.63, 3.8) is 0 Å². The summed E-state index contributed by atoms with van der Waals surface area (Å²) in [6.45, 7) is 3.35. The highest BCUT2D eigenvalue weighted by Gasteiger charge is 2.16. The smallest absolute Gasteiger partial charge is 0.236 e. The molecule has 0 unspecified atom stereocenters. The molecule has 94 valence electrons. The summed E-state index contributed by atoms with van der Waals surface area (Å²) in [7, 11) is 0.